The molecule has 2 rings (SSSR count). The zero-order valence-electron chi connectivity index (χ0n) is 11.0. The third kappa shape index (κ3) is 3.92. The van der Waals surface area contributed by atoms with Crippen LogP contribution in [0.2, 0.25) is 0 Å². The molecule has 0 bridgehead atoms. The maximum atomic E-state index is 12.2. The van der Waals surface area contributed by atoms with E-state index in [2.05, 4.69) is 0 Å². The number of halogens is 3. The van der Waals surface area contributed by atoms with E-state index in [1.807, 2.05) is 30.3 Å². The molecular weight excluding hydrogens is 281 g/mol. The lowest BCUT2D eigenvalue weighted by atomic mass is 10.0. The first kappa shape index (κ1) is 15.3. The summed E-state index contributed by atoms with van der Waals surface area (Å²) in [7, 11) is 0. The zero-order valence-corrected chi connectivity index (χ0v) is 11.0. The Morgan fingerprint density at radius 2 is 1.48 bits per heavy atom. The summed E-state index contributed by atoms with van der Waals surface area (Å²) >= 11 is 0. The maximum absolute atomic E-state index is 12.2. The maximum Gasteiger partial charge on any atom is 0.414 e. The minimum absolute atomic E-state index is 0.151. The van der Waals surface area contributed by atoms with Crippen molar-refractivity contribution in [3.63, 3.8) is 0 Å². The van der Waals surface area contributed by atoms with Crippen molar-refractivity contribution in [2.75, 3.05) is 0 Å². The van der Waals surface area contributed by atoms with Crippen molar-refractivity contribution >= 4 is 5.78 Å². The van der Waals surface area contributed by atoms with E-state index in [0.29, 0.717) is 0 Å². The van der Waals surface area contributed by atoms with Crippen molar-refractivity contribution in [3.8, 4) is 11.1 Å². The minimum Gasteiger partial charge on any atom is -0.383 e. The van der Waals surface area contributed by atoms with Crippen molar-refractivity contribution in [1.82, 2.24) is 0 Å². The Morgan fingerprint density at radius 3 is 2.00 bits per heavy atom. The molecule has 0 aliphatic heterocycles. The molecule has 0 amide bonds. The highest BCUT2D eigenvalue weighted by atomic mass is 19.4. The van der Waals surface area contributed by atoms with Gasteiger partial charge in [-0.3, -0.25) is 4.79 Å². The number of Topliss-reactive ketones (excluding diaryl/α,β-unsaturated/α-hetero) is 1. The fraction of sp³-hybridized carbons (Fsp3) is 0.188. The molecular formula is C16H13F3O2. The molecule has 2 nitrogen and oxygen atoms in total. The van der Waals surface area contributed by atoms with Crippen LogP contribution in [0.5, 0.6) is 0 Å². The molecule has 2 aromatic carbocycles. The highest BCUT2D eigenvalue weighted by Crippen LogP contribution is 2.24. The molecule has 0 heterocycles. The molecule has 0 saturated carbocycles. The summed E-state index contributed by atoms with van der Waals surface area (Å²) in [5.41, 5.74) is 1.97. The van der Waals surface area contributed by atoms with Gasteiger partial charge >= 0.3 is 6.18 Å². The predicted octanol–water partition coefficient (Wildman–Crippen LogP) is 3.85. The molecule has 0 aliphatic rings. The van der Waals surface area contributed by atoms with Crippen molar-refractivity contribution in [1.29, 1.82) is 0 Å². The molecule has 0 aromatic heterocycles. The Kier molecular flexibility index (Phi) is 4.43. The first-order valence-electron chi connectivity index (χ1n) is 6.31. The zero-order chi connectivity index (χ0) is 15.5. The molecule has 1 atom stereocenters. The van der Waals surface area contributed by atoms with Crippen molar-refractivity contribution in [3.05, 3.63) is 60.2 Å². The molecule has 5 heteroatoms. The lowest BCUT2D eigenvalue weighted by Gasteiger charge is -2.13. The molecule has 1 N–H and O–H groups in total. The first-order chi connectivity index (χ1) is 9.88. The Hall–Kier alpha value is -2.14. The number of benzene rings is 2. The van der Waals surface area contributed by atoms with E-state index in [1.54, 1.807) is 12.1 Å². The number of aliphatic hydroxyl groups excluding tert-OH is 1. The highest BCUT2D eigenvalue weighted by molar-refractivity contribution is 5.96. The van der Waals surface area contributed by atoms with Crippen molar-refractivity contribution in [2.24, 2.45) is 0 Å². The van der Waals surface area contributed by atoms with Crippen LogP contribution in [0.3, 0.4) is 0 Å². The SMILES string of the molecule is O=C(CC(O)C(F)(F)F)c1ccc(-c2ccccc2)cc1. The van der Waals surface area contributed by atoms with Gasteiger partial charge in [0.25, 0.3) is 0 Å². The number of hydrogen-bond acceptors (Lipinski definition) is 2. The fourth-order valence-corrected chi connectivity index (χ4v) is 1.89. The fourth-order valence-electron chi connectivity index (χ4n) is 1.89. The van der Waals surface area contributed by atoms with Gasteiger partial charge in [0.1, 0.15) is 0 Å². The van der Waals surface area contributed by atoms with E-state index >= 15 is 0 Å². The van der Waals surface area contributed by atoms with Gasteiger partial charge in [-0.1, -0.05) is 54.6 Å². The molecule has 1 unspecified atom stereocenters. The summed E-state index contributed by atoms with van der Waals surface area (Å²) in [5.74, 6) is -0.737. The molecule has 0 aliphatic carbocycles. The molecule has 0 fully saturated rings. The second-order valence-electron chi connectivity index (χ2n) is 4.63. The lowest BCUT2D eigenvalue weighted by molar-refractivity contribution is -0.202. The number of carbonyl (C=O) groups is 1. The van der Waals surface area contributed by atoms with Crippen molar-refractivity contribution in [2.45, 2.75) is 18.7 Å². The molecule has 0 radical (unpaired) electrons. The average Bonchev–Trinajstić information content (AvgIpc) is 2.47. The first-order valence-corrected chi connectivity index (χ1v) is 6.31. The average molecular weight is 294 g/mol. The van der Waals surface area contributed by atoms with Gasteiger partial charge in [0.15, 0.2) is 11.9 Å². The second kappa shape index (κ2) is 6.10. The summed E-state index contributed by atoms with van der Waals surface area (Å²) in [6, 6.07) is 15.7. The van der Waals surface area contributed by atoms with Gasteiger partial charge in [-0.05, 0) is 11.1 Å². The summed E-state index contributed by atoms with van der Waals surface area (Å²) in [6.07, 6.45) is -8.37. The van der Waals surface area contributed by atoms with Crippen LogP contribution < -0.4 is 0 Å². The molecule has 110 valence electrons. The Labute approximate surface area is 119 Å². The number of alkyl halides is 3. The van der Waals surface area contributed by atoms with Crippen LogP contribution in [0.1, 0.15) is 16.8 Å². The standard InChI is InChI=1S/C16H13F3O2/c17-16(18,19)15(21)10-14(20)13-8-6-12(7-9-13)11-4-2-1-3-5-11/h1-9,15,21H,10H2. The van der Waals surface area contributed by atoms with E-state index in [-0.39, 0.29) is 5.56 Å². The Morgan fingerprint density at radius 1 is 0.952 bits per heavy atom. The van der Waals surface area contributed by atoms with Crippen LogP contribution in [-0.4, -0.2) is 23.2 Å². The molecule has 0 spiro atoms. The normalized spacial score (nSPS) is 13.0. The van der Waals surface area contributed by atoms with Crippen LogP contribution in [-0.2, 0) is 0 Å². The van der Waals surface area contributed by atoms with E-state index in [0.717, 1.165) is 11.1 Å². The topological polar surface area (TPSA) is 37.3 Å². The van der Waals surface area contributed by atoms with Crippen LogP contribution in [0.15, 0.2) is 54.6 Å². The largest absolute Gasteiger partial charge is 0.414 e. The van der Waals surface area contributed by atoms with Gasteiger partial charge < -0.3 is 5.11 Å². The third-order valence-electron chi connectivity index (χ3n) is 3.07. The lowest BCUT2D eigenvalue weighted by Crippen LogP contribution is -2.30. The minimum atomic E-state index is -4.78. The van der Waals surface area contributed by atoms with Gasteiger partial charge in [-0.2, -0.15) is 13.2 Å². The van der Waals surface area contributed by atoms with Gasteiger partial charge in [0, 0.05) is 12.0 Å². The quantitative estimate of drug-likeness (QED) is 0.870. The monoisotopic (exact) mass is 294 g/mol. The van der Waals surface area contributed by atoms with E-state index in [9.17, 15) is 18.0 Å². The molecule has 21 heavy (non-hydrogen) atoms. The molecule has 2 aromatic rings. The number of carbonyl (C=O) groups excluding carboxylic acids is 1. The van der Waals surface area contributed by atoms with Gasteiger partial charge in [-0.25, -0.2) is 0 Å². The highest BCUT2D eigenvalue weighted by Gasteiger charge is 2.39. The van der Waals surface area contributed by atoms with Crippen LogP contribution in [0, 0.1) is 0 Å². The summed E-state index contributed by atoms with van der Waals surface area (Å²) < 4.78 is 36.6. The predicted molar refractivity (Wildman–Crippen MR) is 72.9 cm³/mol. The van der Waals surface area contributed by atoms with Crippen LogP contribution >= 0.6 is 0 Å². The number of aliphatic hydroxyl groups is 1. The van der Waals surface area contributed by atoms with Crippen molar-refractivity contribution < 1.29 is 23.1 Å². The summed E-state index contributed by atoms with van der Waals surface area (Å²) in [5, 5.41) is 8.90. The van der Waals surface area contributed by atoms with E-state index < -0.39 is 24.5 Å². The summed E-state index contributed by atoms with van der Waals surface area (Å²) in [6.45, 7) is 0. The number of rotatable bonds is 4. The molecule has 0 saturated heterocycles. The van der Waals surface area contributed by atoms with Gasteiger partial charge in [0.05, 0.1) is 0 Å². The summed E-state index contributed by atoms with van der Waals surface area (Å²) in [4.78, 5) is 11.7. The number of ketones is 1. The Balaban J connectivity index is 2.11. The Bertz CT molecular complexity index is 604. The third-order valence-corrected chi connectivity index (χ3v) is 3.07. The van der Waals surface area contributed by atoms with E-state index in [1.165, 1.54) is 12.1 Å². The smallest absolute Gasteiger partial charge is 0.383 e. The van der Waals surface area contributed by atoms with Crippen LogP contribution in [0.25, 0.3) is 11.1 Å². The van der Waals surface area contributed by atoms with Gasteiger partial charge in [-0.15, -0.1) is 0 Å². The van der Waals surface area contributed by atoms with E-state index in [4.69, 9.17) is 5.11 Å². The second-order valence-corrected chi connectivity index (χ2v) is 4.63. The van der Waals surface area contributed by atoms with Gasteiger partial charge in [0.2, 0.25) is 0 Å². The number of hydrogen-bond donors (Lipinski definition) is 1. The van der Waals surface area contributed by atoms with Crippen LogP contribution in [0.4, 0.5) is 13.2 Å².